The first-order valence-electron chi connectivity index (χ1n) is 8.73. The van der Waals surface area contributed by atoms with E-state index in [0.29, 0.717) is 11.6 Å². The second kappa shape index (κ2) is 6.55. The number of aromatic nitrogens is 2. The molecule has 1 N–H and O–H groups in total. The fourth-order valence-corrected chi connectivity index (χ4v) is 3.00. The van der Waals surface area contributed by atoms with Gasteiger partial charge >= 0.3 is 0 Å². The molecule has 0 saturated heterocycles. The Labute approximate surface area is 147 Å². The van der Waals surface area contributed by atoms with Crippen LogP contribution in [0.3, 0.4) is 0 Å². The Morgan fingerprint density at radius 2 is 1.72 bits per heavy atom. The van der Waals surface area contributed by atoms with Crippen molar-refractivity contribution >= 4 is 5.91 Å². The lowest BCUT2D eigenvalue weighted by Gasteiger charge is -2.15. The monoisotopic (exact) mass is 331 g/mol. The Hall–Kier alpha value is -2.88. The van der Waals surface area contributed by atoms with E-state index in [-0.39, 0.29) is 11.9 Å². The summed E-state index contributed by atoms with van der Waals surface area (Å²) >= 11 is 0. The maximum atomic E-state index is 12.9. The van der Waals surface area contributed by atoms with E-state index in [0.717, 1.165) is 29.8 Å². The van der Waals surface area contributed by atoms with Gasteiger partial charge in [-0.05, 0) is 43.5 Å². The van der Waals surface area contributed by atoms with E-state index in [1.807, 2.05) is 73.7 Å². The highest BCUT2D eigenvalue weighted by Gasteiger charge is 2.29. The van der Waals surface area contributed by atoms with Gasteiger partial charge in [-0.25, -0.2) is 4.68 Å². The maximum Gasteiger partial charge on any atom is 0.270 e. The van der Waals surface area contributed by atoms with E-state index >= 15 is 0 Å². The number of amides is 1. The van der Waals surface area contributed by atoms with Gasteiger partial charge in [0, 0.05) is 5.92 Å². The molecule has 4 nitrogen and oxygen atoms in total. The van der Waals surface area contributed by atoms with Crippen molar-refractivity contribution in [1.29, 1.82) is 0 Å². The minimum absolute atomic E-state index is 0.0581. The van der Waals surface area contributed by atoms with Crippen molar-refractivity contribution in [2.75, 3.05) is 0 Å². The molecule has 2 aromatic carbocycles. The summed E-state index contributed by atoms with van der Waals surface area (Å²) in [6.45, 7) is 2.00. The molecule has 1 amide bonds. The van der Waals surface area contributed by atoms with Gasteiger partial charge in [0.1, 0.15) is 5.69 Å². The molecule has 0 aliphatic heterocycles. The highest BCUT2D eigenvalue weighted by atomic mass is 16.2. The van der Waals surface area contributed by atoms with Gasteiger partial charge in [-0.3, -0.25) is 4.79 Å². The SMILES string of the molecule is C[C@@H](NC(=O)c1cc(C2CC2)nn1-c1ccccc1)c1ccccc1. The summed E-state index contributed by atoms with van der Waals surface area (Å²) in [5.41, 5.74) is 3.60. The number of benzene rings is 2. The predicted molar refractivity (Wildman–Crippen MR) is 97.9 cm³/mol. The third-order valence-electron chi connectivity index (χ3n) is 4.60. The first-order valence-corrected chi connectivity index (χ1v) is 8.73. The lowest BCUT2D eigenvalue weighted by Crippen LogP contribution is -2.28. The molecule has 1 aliphatic rings. The topological polar surface area (TPSA) is 46.9 Å². The molecule has 1 atom stereocenters. The molecule has 4 rings (SSSR count). The van der Waals surface area contributed by atoms with Gasteiger partial charge in [0.15, 0.2) is 0 Å². The molecule has 25 heavy (non-hydrogen) atoms. The molecular weight excluding hydrogens is 310 g/mol. The predicted octanol–water partition coefficient (Wildman–Crippen LogP) is 4.24. The quantitative estimate of drug-likeness (QED) is 0.760. The lowest BCUT2D eigenvalue weighted by molar-refractivity contribution is 0.0932. The first kappa shape index (κ1) is 15.6. The zero-order chi connectivity index (χ0) is 17.2. The molecular formula is C21H21N3O. The standard InChI is InChI=1S/C21H21N3O/c1-15(16-8-4-2-5-9-16)22-21(25)20-14-19(17-12-13-17)23-24(20)18-10-6-3-7-11-18/h2-11,14-15,17H,12-13H2,1H3,(H,22,25)/t15-/m1/s1. The summed E-state index contributed by atoms with van der Waals surface area (Å²) in [4.78, 5) is 12.9. The summed E-state index contributed by atoms with van der Waals surface area (Å²) in [6.07, 6.45) is 2.32. The number of hydrogen-bond acceptors (Lipinski definition) is 2. The fraction of sp³-hybridized carbons (Fsp3) is 0.238. The number of nitrogens with zero attached hydrogens (tertiary/aromatic N) is 2. The van der Waals surface area contributed by atoms with Crippen LogP contribution in [0.25, 0.3) is 5.69 Å². The number of carbonyl (C=O) groups is 1. The van der Waals surface area contributed by atoms with Crippen LogP contribution >= 0.6 is 0 Å². The number of para-hydroxylation sites is 1. The molecule has 1 saturated carbocycles. The second-order valence-corrected chi connectivity index (χ2v) is 6.58. The van der Waals surface area contributed by atoms with Crippen LogP contribution in [0.2, 0.25) is 0 Å². The van der Waals surface area contributed by atoms with Crippen molar-refractivity contribution in [3.05, 3.63) is 83.7 Å². The summed E-state index contributed by atoms with van der Waals surface area (Å²) in [6, 6.07) is 21.7. The van der Waals surface area contributed by atoms with Crippen molar-refractivity contribution in [2.24, 2.45) is 0 Å². The highest BCUT2D eigenvalue weighted by Crippen LogP contribution is 2.39. The average Bonchev–Trinajstić information content (AvgIpc) is 3.41. The van der Waals surface area contributed by atoms with Gasteiger partial charge < -0.3 is 5.32 Å². The third kappa shape index (κ3) is 3.33. The van der Waals surface area contributed by atoms with Crippen LogP contribution in [-0.2, 0) is 0 Å². The van der Waals surface area contributed by atoms with E-state index in [4.69, 9.17) is 5.10 Å². The normalized spacial score (nSPS) is 14.9. The van der Waals surface area contributed by atoms with Crippen LogP contribution in [0.1, 0.15) is 53.5 Å². The summed E-state index contributed by atoms with van der Waals surface area (Å²) in [7, 11) is 0. The van der Waals surface area contributed by atoms with Crippen LogP contribution in [0.5, 0.6) is 0 Å². The average molecular weight is 331 g/mol. The van der Waals surface area contributed by atoms with Crippen LogP contribution < -0.4 is 5.32 Å². The first-order chi connectivity index (χ1) is 12.2. The Balaban J connectivity index is 1.63. The summed E-state index contributed by atoms with van der Waals surface area (Å²) in [5, 5.41) is 7.79. The Morgan fingerprint density at radius 3 is 2.36 bits per heavy atom. The number of carbonyl (C=O) groups excluding carboxylic acids is 1. The summed E-state index contributed by atoms with van der Waals surface area (Å²) < 4.78 is 1.76. The van der Waals surface area contributed by atoms with Crippen LogP contribution in [0.15, 0.2) is 66.7 Å². The number of rotatable bonds is 5. The third-order valence-corrected chi connectivity index (χ3v) is 4.60. The van der Waals surface area contributed by atoms with Crippen molar-refractivity contribution in [3.63, 3.8) is 0 Å². The smallest absolute Gasteiger partial charge is 0.270 e. The fourth-order valence-electron chi connectivity index (χ4n) is 3.00. The second-order valence-electron chi connectivity index (χ2n) is 6.58. The zero-order valence-corrected chi connectivity index (χ0v) is 14.2. The van der Waals surface area contributed by atoms with E-state index in [1.165, 1.54) is 0 Å². The summed E-state index contributed by atoms with van der Waals surface area (Å²) in [5.74, 6) is 0.405. The van der Waals surface area contributed by atoms with Gasteiger partial charge in [-0.1, -0.05) is 48.5 Å². The Kier molecular flexibility index (Phi) is 4.10. The molecule has 126 valence electrons. The van der Waals surface area contributed by atoms with Crippen LogP contribution in [-0.4, -0.2) is 15.7 Å². The highest BCUT2D eigenvalue weighted by molar-refractivity contribution is 5.93. The molecule has 0 unspecified atom stereocenters. The van der Waals surface area contributed by atoms with Gasteiger partial charge in [-0.2, -0.15) is 5.10 Å². The van der Waals surface area contributed by atoms with Gasteiger partial charge in [-0.15, -0.1) is 0 Å². The largest absolute Gasteiger partial charge is 0.344 e. The lowest BCUT2D eigenvalue weighted by atomic mass is 10.1. The molecule has 1 fully saturated rings. The Bertz CT molecular complexity index is 867. The zero-order valence-electron chi connectivity index (χ0n) is 14.2. The van der Waals surface area contributed by atoms with Crippen molar-refractivity contribution in [1.82, 2.24) is 15.1 Å². The molecule has 0 radical (unpaired) electrons. The molecule has 0 bridgehead atoms. The number of hydrogen-bond donors (Lipinski definition) is 1. The van der Waals surface area contributed by atoms with E-state index in [9.17, 15) is 4.79 Å². The molecule has 1 heterocycles. The van der Waals surface area contributed by atoms with Gasteiger partial charge in [0.05, 0.1) is 17.4 Å². The van der Waals surface area contributed by atoms with Gasteiger partial charge in [0.25, 0.3) is 5.91 Å². The Morgan fingerprint density at radius 1 is 1.08 bits per heavy atom. The van der Waals surface area contributed by atoms with Crippen LogP contribution in [0, 0.1) is 0 Å². The minimum atomic E-state index is -0.0976. The molecule has 3 aromatic rings. The van der Waals surface area contributed by atoms with Crippen molar-refractivity contribution < 1.29 is 4.79 Å². The molecule has 1 aliphatic carbocycles. The van der Waals surface area contributed by atoms with E-state index < -0.39 is 0 Å². The molecule has 1 aromatic heterocycles. The minimum Gasteiger partial charge on any atom is -0.344 e. The van der Waals surface area contributed by atoms with E-state index in [1.54, 1.807) is 4.68 Å². The van der Waals surface area contributed by atoms with Gasteiger partial charge in [0.2, 0.25) is 0 Å². The van der Waals surface area contributed by atoms with Crippen molar-refractivity contribution in [3.8, 4) is 5.69 Å². The van der Waals surface area contributed by atoms with E-state index in [2.05, 4.69) is 5.32 Å². The number of nitrogens with one attached hydrogen (secondary N) is 1. The maximum absolute atomic E-state index is 12.9. The molecule has 4 heteroatoms. The van der Waals surface area contributed by atoms with Crippen molar-refractivity contribution in [2.45, 2.75) is 31.7 Å². The van der Waals surface area contributed by atoms with Crippen LogP contribution in [0.4, 0.5) is 0 Å². The molecule has 0 spiro atoms.